The lowest BCUT2D eigenvalue weighted by Crippen LogP contribution is -2.43. The summed E-state index contributed by atoms with van der Waals surface area (Å²) in [5, 5.41) is 4.19. The molecule has 2 fully saturated rings. The molecule has 1 aromatic heterocycles. The monoisotopic (exact) mass is 341 g/mol. The second-order valence-corrected chi connectivity index (χ2v) is 7.64. The average Bonchev–Trinajstić information content (AvgIpc) is 3.31. The highest BCUT2D eigenvalue weighted by atomic mass is 16.5. The molecule has 2 heterocycles. The van der Waals surface area contributed by atoms with Gasteiger partial charge in [0.15, 0.2) is 0 Å². The number of hydrogen-bond acceptors (Lipinski definition) is 5. The van der Waals surface area contributed by atoms with Crippen LogP contribution in [0.5, 0.6) is 5.75 Å². The van der Waals surface area contributed by atoms with Crippen LogP contribution in [0.4, 0.5) is 0 Å². The Labute approximate surface area is 149 Å². The first-order chi connectivity index (χ1) is 12.2. The number of aromatic nitrogens is 2. The summed E-state index contributed by atoms with van der Waals surface area (Å²) >= 11 is 0. The minimum absolute atomic E-state index is 0.178. The van der Waals surface area contributed by atoms with Crippen molar-refractivity contribution in [2.24, 2.45) is 5.41 Å². The third-order valence-electron chi connectivity index (χ3n) is 6.05. The van der Waals surface area contributed by atoms with E-state index >= 15 is 0 Å². The lowest BCUT2D eigenvalue weighted by atomic mass is 9.78. The van der Waals surface area contributed by atoms with E-state index < -0.39 is 0 Å². The summed E-state index contributed by atoms with van der Waals surface area (Å²) < 4.78 is 10.8. The minimum Gasteiger partial charge on any atom is -0.497 e. The number of piperidine rings is 1. The molecule has 1 aliphatic heterocycles. The van der Waals surface area contributed by atoms with Crippen molar-refractivity contribution in [3.8, 4) is 17.1 Å². The normalized spacial score (nSPS) is 21.5. The fraction of sp³-hybridized carbons (Fsp3) is 0.600. The second kappa shape index (κ2) is 6.79. The summed E-state index contributed by atoms with van der Waals surface area (Å²) in [4.78, 5) is 7.21. The van der Waals surface area contributed by atoms with Gasteiger partial charge in [-0.25, -0.2) is 0 Å². The van der Waals surface area contributed by atoms with Crippen LogP contribution in [-0.2, 0) is 0 Å². The lowest BCUT2D eigenvalue weighted by molar-refractivity contribution is 0.0531. The van der Waals surface area contributed by atoms with Gasteiger partial charge in [0.2, 0.25) is 11.7 Å². The van der Waals surface area contributed by atoms with E-state index in [9.17, 15) is 0 Å². The fourth-order valence-corrected chi connectivity index (χ4v) is 4.53. The molecule has 0 amide bonds. The van der Waals surface area contributed by atoms with Crippen LogP contribution in [0.3, 0.4) is 0 Å². The molecule has 2 aliphatic rings. The smallest absolute Gasteiger partial charge is 0.244 e. The molecule has 4 rings (SSSR count). The van der Waals surface area contributed by atoms with E-state index in [0.717, 1.165) is 23.7 Å². The summed E-state index contributed by atoms with van der Waals surface area (Å²) in [6, 6.07) is 7.95. The van der Waals surface area contributed by atoms with Crippen molar-refractivity contribution in [1.82, 2.24) is 15.0 Å². The van der Waals surface area contributed by atoms with Crippen LogP contribution in [0.25, 0.3) is 11.4 Å². The van der Waals surface area contributed by atoms with E-state index in [0.29, 0.717) is 11.2 Å². The Morgan fingerprint density at radius 2 is 1.84 bits per heavy atom. The molecule has 0 radical (unpaired) electrons. The number of benzene rings is 1. The van der Waals surface area contributed by atoms with Gasteiger partial charge >= 0.3 is 0 Å². The maximum atomic E-state index is 5.61. The van der Waals surface area contributed by atoms with E-state index in [2.05, 4.69) is 22.0 Å². The number of methoxy groups -OCH3 is 1. The Morgan fingerprint density at radius 3 is 2.56 bits per heavy atom. The molecule has 25 heavy (non-hydrogen) atoms. The maximum Gasteiger partial charge on any atom is 0.244 e. The molecule has 0 bridgehead atoms. The van der Waals surface area contributed by atoms with Crippen molar-refractivity contribution in [2.45, 2.75) is 51.5 Å². The lowest BCUT2D eigenvalue weighted by Gasteiger charge is -2.42. The summed E-state index contributed by atoms with van der Waals surface area (Å²) in [6.45, 7) is 4.50. The minimum atomic E-state index is 0.178. The zero-order valence-corrected chi connectivity index (χ0v) is 15.2. The molecule has 1 unspecified atom stereocenters. The van der Waals surface area contributed by atoms with E-state index in [1.54, 1.807) is 7.11 Å². The zero-order chi connectivity index (χ0) is 17.3. The summed E-state index contributed by atoms with van der Waals surface area (Å²) in [5.74, 6) is 2.20. The van der Waals surface area contributed by atoms with Crippen molar-refractivity contribution in [1.29, 1.82) is 0 Å². The van der Waals surface area contributed by atoms with Gasteiger partial charge in [0.1, 0.15) is 5.75 Å². The predicted octanol–water partition coefficient (Wildman–Crippen LogP) is 4.46. The molecule has 1 aromatic carbocycles. The number of nitrogens with zero attached hydrogens (tertiary/aromatic N) is 3. The Kier molecular flexibility index (Phi) is 4.50. The first kappa shape index (κ1) is 16.6. The van der Waals surface area contributed by atoms with Crippen molar-refractivity contribution in [3.63, 3.8) is 0 Å². The zero-order valence-electron chi connectivity index (χ0n) is 15.2. The number of hydrogen-bond donors (Lipinski definition) is 0. The third-order valence-corrected chi connectivity index (χ3v) is 6.05. The average molecular weight is 341 g/mol. The van der Waals surface area contributed by atoms with Crippen LogP contribution < -0.4 is 4.74 Å². The molecule has 1 atom stereocenters. The van der Waals surface area contributed by atoms with E-state index in [1.807, 2.05) is 24.3 Å². The van der Waals surface area contributed by atoms with Gasteiger partial charge in [-0.05, 0) is 68.8 Å². The van der Waals surface area contributed by atoms with E-state index in [4.69, 9.17) is 9.26 Å². The molecular formula is C20H27N3O2. The van der Waals surface area contributed by atoms with Gasteiger partial charge in [0.05, 0.1) is 13.2 Å². The standard InChI is InChI=1S/C20H27N3O2/c1-15(23-13-5-12-20(14-23)10-3-4-11-20)19-21-18(22-25-19)16-6-8-17(24-2)9-7-16/h6-9,15H,3-5,10-14H2,1-2H3. The molecule has 0 N–H and O–H groups in total. The van der Waals surface area contributed by atoms with Crippen molar-refractivity contribution in [2.75, 3.05) is 20.2 Å². The largest absolute Gasteiger partial charge is 0.497 e. The summed E-state index contributed by atoms with van der Waals surface area (Å²) in [5.41, 5.74) is 1.50. The fourth-order valence-electron chi connectivity index (χ4n) is 4.53. The van der Waals surface area contributed by atoms with Crippen LogP contribution in [-0.4, -0.2) is 35.2 Å². The summed E-state index contributed by atoms with van der Waals surface area (Å²) in [7, 11) is 1.67. The van der Waals surface area contributed by atoms with Crippen LogP contribution in [0.15, 0.2) is 28.8 Å². The van der Waals surface area contributed by atoms with E-state index in [-0.39, 0.29) is 6.04 Å². The van der Waals surface area contributed by atoms with E-state index in [1.165, 1.54) is 45.1 Å². The molecular weight excluding hydrogens is 314 g/mol. The van der Waals surface area contributed by atoms with Crippen LogP contribution >= 0.6 is 0 Å². The quantitative estimate of drug-likeness (QED) is 0.821. The van der Waals surface area contributed by atoms with Gasteiger partial charge in [-0.3, -0.25) is 4.90 Å². The Hall–Kier alpha value is -1.88. The van der Waals surface area contributed by atoms with Crippen LogP contribution in [0, 0.1) is 5.41 Å². The first-order valence-electron chi connectivity index (χ1n) is 9.41. The summed E-state index contributed by atoms with van der Waals surface area (Å²) in [6.07, 6.45) is 8.23. The molecule has 5 nitrogen and oxygen atoms in total. The van der Waals surface area contributed by atoms with Gasteiger partial charge in [-0.15, -0.1) is 0 Å². The highest BCUT2D eigenvalue weighted by Crippen LogP contribution is 2.46. The first-order valence-corrected chi connectivity index (χ1v) is 9.41. The van der Waals surface area contributed by atoms with Gasteiger partial charge in [0.25, 0.3) is 0 Å². The molecule has 1 saturated carbocycles. The maximum absolute atomic E-state index is 5.61. The predicted molar refractivity (Wildman–Crippen MR) is 96.4 cm³/mol. The van der Waals surface area contributed by atoms with Crippen molar-refractivity contribution >= 4 is 0 Å². The van der Waals surface area contributed by atoms with Gasteiger partial charge in [-0.1, -0.05) is 18.0 Å². The molecule has 134 valence electrons. The third kappa shape index (κ3) is 3.30. The van der Waals surface area contributed by atoms with Gasteiger partial charge < -0.3 is 9.26 Å². The van der Waals surface area contributed by atoms with Gasteiger partial charge in [0, 0.05) is 12.1 Å². The van der Waals surface area contributed by atoms with Gasteiger partial charge in [-0.2, -0.15) is 4.98 Å². The molecule has 1 aliphatic carbocycles. The van der Waals surface area contributed by atoms with Crippen LogP contribution in [0.1, 0.15) is 57.4 Å². The highest BCUT2D eigenvalue weighted by molar-refractivity contribution is 5.55. The van der Waals surface area contributed by atoms with Crippen molar-refractivity contribution < 1.29 is 9.26 Å². The second-order valence-electron chi connectivity index (χ2n) is 7.64. The molecule has 5 heteroatoms. The Morgan fingerprint density at radius 1 is 1.12 bits per heavy atom. The Balaban J connectivity index is 1.49. The number of rotatable bonds is 4. The molecule has 1 saturated heterocycles. The van der Waals surface area contributed by atoms with Crippen molar-refractivity contribution in [3.05, 3.63) is 30.2 Å². The molecule has 1 spiro atoms. The van der Waals surface area contributed by atoms with Crippen LogP contribution in [0.2, 0.25) is 0 Å². The number of ether oxygens (including phenoxy) is 1. The number of likely N-dealkylation sites (tertiary alicyclic amines) is 1. The molecule has 2 aromatic rings. The SMILES string of the molecule is COc1ccc(-c2noc(C(C)N3CCCC4(CCCC4)C3)n2)cc1. The Bertz CT molecular complexity index is 704. The highest BCUT2D eigenvalue weighted by Gasteiger charge is 2.39. The topological polar surface area (TPSA) is 51.4 Å².